The Morgan fingerprint density at radius 2 is 2.06 bits per heavy atom. The van der Waals surface area contributed by atoms with Gasteiger partial charge < -0.3 is 10.1 Å². The zero-order valence-corrected chi connectivity index (χ0v) is 11.5. The van der Waals surface area contributed by atoms with Gasteiger partial charge in [0.15, 0.2) is 0 Å². The molecule has 0 aromatic heterocycles. The summed E-state index contributed by atoms with van der Waals surface area (Å²) in [6.07, 6.45) is 1.33. The predicted molar refractivity (Wildman–Crippen MR) is 73.4 cm³/mol. The summed E-state index contributed by atoms with van der Waals surface area (Å²) in [6, 6.07) is 9.10. The molecule has 0 saturated heterocycles. The van der Waals surface area contributed by atoms with Gasteiger partial charge in [0.05, 0.1) is 12.7 Å². The first-order chi connectivity index (χ1) is 8.11. The highest BCUT2D eigenvalue weighted by molar-refractivity contribution is 5.23. The number of aryl methyl sites for hydroxylation is 1. The maximum atomic E-state index is 5.70. The minimum atomic E-state index is 0.300. The number of likely N-dealkylation sites (N-methyl/N-ethyl adjacent to an activating group) is 1. The Labute approximate surface area is 105 Å². The molecule has 1 atom stereocenters. The fraction of sp³-hybridized carbons (Fsp3) is 0.600. The van der Waals surface area contributed by atoms with Gasteiger partial charge in [0.2, 0.25) is 0 Å². The van der Waals surface area contributed by atoms with Gasteiger partial charge in [-0.15, -0.1) is 0 Å². The second-order valence-corrected chi connectivity index (χ2v) is 4.83. The van der Waals surface area contributed by atoms with E-state index in [1.165, 1.54) is 11.1 Å². The van der Waals surface area contributed by atoms with E-state index in [2.05, 4.69) is 57.3 Å². The molecular weight excluding hydrogens is 210 g/mol. The molecule has 0 aliphatic carbocycles. The summed E-state index contributed by atoms with van der Waals surface area (Å²) in [5, 5.41) is 3.48. The predicted octanol–water partition coefficient (Wildman–Crippen LogP) is 2.94. The minimum absolute atomic E-state index is 0.300. The van der Waals surface area contributed by atoms with Crippen LogP contribution in [0.1, 0.15) is 31.9 Å². The molecule has 0 bridgehead atoms. The van der Waals surface area contributed by atoms with E-state index in [-0.39, 0.29) is 0 Å². The molecule has 1 aromatic rings. The van der Waals surface area contributed by atoms with Gasteiger partial charge in [-0.05, 0) is 39.3 Å². The van der Waals surface area contributed by atoms with Crippen LogP contribution in [0, 0.1) is 6.92 Å². The maximum Gasteiger partial charge on any atom is 0.0626 e. The maximum absolute atomic E-state index is 5.70. The van der Waals surface area contributed by atoms with Crippen molar-refractivity contribution in [2.75, 3.05) is 13.2 Å². The van der Waals surface area contributed by atoms with Crippen molar-refractivity contribution in [3.8, 4) is 0 Å². The summed E-state index contributed by atoms with van der Waals surface area (Å²) in [7, 11) is 0. The number of ether oxygens (including phenoxy) is 1. The molecule has 0 radical (unpaired) electrons. The number of rotatable bonds is 7. The van der Waals surface area contributed by atoms with Gasteiger partial charge in [0.1, 0.15) is 0 Å². The molecule has 17 heavy (non-hydrogen) atoms. The lowest BCUT2D eigenvalue weighted by molar-refractivity contribution is 0.0616. The van der Waals surface area contributed by atoms with Gasteiger partial charge >= 0.3 is 0 Å². The van der Waals surface area contributed by atoms with Crippen LogP contribution in [-0.2, 0) is 11.2 Å². The van der Waals surface area contributed by atoms with Gasteiger partial charge in [-0.2, -0.15) is 0 Å². The molecule has 0 saturated carbocycles. The van der Waals surface area contributed by atoms with E-state index in [1.54, 1.807) is 0 Å². The largest absolute Gasteiger partial charge is 0.377 e. The van der Waals surface area contributed by atoms with Gasteiger partial charge in [0, 0.05) is 6.04 Å². The molecular formula is C15H25NO. The second-order valence-electron chi connectivity index (χ2n) is 4.83. The van der Waals surface area contributed by atoms with Crippen molar-refractivity contribution in [3.63, 3.8) is 0 Å². The molecule has 1 N–H and O–H groups in total. The van der Waals surface area contributed by atoms with E-state index in [0.717, 1.165) is 19.6 Å². The molecule has 0 aliphatic rings. The summed E-state index contributed by atoms with van der Waals surface area (Å²) in [5.74, 6) is 0. The number of nitrogens with one attached hydrogen (secondary N) is 1. The average molecular weight is 235 g/mol. The third-order valence-corrected chi connectivity index (χ3v) is 2.69. The molecule has 2 nitrogen and oxygen atoms in total. The molecule has 0 heterocycles. The van der Waals surface area contributed by atoms with E-state index in [9.17, 15) is 0 Å². The minimum Gasteiger partial charge on any atom is -0.377 e. The lowest BCUT2D eigenvalue weighted by atomic mass is 10.0. The Balaban J connectivity index is 2.53. The highest BCUT2D eigenvalue weighted by Gasteiger charge is 2.09. The Bertz CT molecular complexity index is 322. The Morgan fingerprint density at radius 1 is 1.29 bits per heavy atom. The zero-order chi connectivity index (χ0) is 12.7. The van der Waals surface area contributed by atoms with E-state index in [0.29, 0.717) is 12.1 Å². The third-order valence-electron chi connectivity index (χ3n) is 2.69. The third kappa shape index (κ3) is 5.85. The van der Waals surface area contributed by atoms with E-state index in [1.807, 2.05) is 0 Å². The summed E-state index contributed by atoms with van der Waals surface area (Å²) >= 11 is 0. The summed E-state index contributed by atoms with van der Waals surface area (Å²) < 4.78 is 5.70. The first-order valence-corrected chi connectivity index (χ1v) is 6.52. The fourth-order valence-electron chi connectivity index (χ4n) is 1.91. The lowest BCUT2D eigenvalue weighted by Gasteiger charge is -2.19. The number of benzene rings is 1. The van der Waals surface area contributed by atoms with Crippen LogP contribution >= 0.6 is 0 Å². The van der Waals surface area contributed by atoms with Gasteiger partial charge in [-0.3, -0.25) is 0 Å². The van der Waals surface area contributed by atoms with Gasteiger partial charge in [-0.1, -0.05) is 36.8 Å². The van der Waals surface area contributed by atoms with Crippen LogP contribution in [0.3, 0.4) is 0 Å². The molecule has 1 rings (SSSR count). The molecule has 0 fully saturated rings. The fourth-order valence-corrected chi connectivity index (χ4v) is 1.91. The van der Waals surface area contributed by atoms with Crippen molar-refractivity contribution in [1.82, 2.24) is 5.32 Å². The molecule has 2 heteroatoms. The van der Waals surface area contributed by atoms with Crippen LogP contribution in [0.2, 0.25) is 0 Å². The molecule has 1 unspecified atom stereocenters. The summed E-state index contributed by atoms with van der Waals surface area (Å²) in [5.41, 5.74) is 2.70. The molecule has 0 aliphatic heterocycles. The first-order valence-electron chi connectivity index (χ1n) is 6.52. The first kappa shape index (κ1) is 14.2. The molecule has 1 aromatic carbocycles. The van der Waals surface area contributed by atoms with E-state index in [4.69, 9.17) is 4.74 Å². The van der Waals surface area contributed by atoms with Crippen LogP contribution in [0.25, 0.3) is 0 Å². The summed E-state index contributed by atoms with van der Waals surface area (Å²) in [4.78, 5) is 0. The molecule has 96 valence electrons. The lowest BCUT2D eigenvalue weighted by Crippen LogP contribution is -2.36. The van der Waals surface area contributed by atoms with Gasteiger partial charge in [-0.25, -0.2) is 0 Å². The van der Waals surface area contributed by atoms with Crippen LogP contribution in [0.5, 0.6) is 0 Å². The monoisotopic (exact) mass is 235 g/mol. The van der Waals surface area contributed by atoms with E-state index >= 15 is 0 Å². The molecule has 0 amide bonds. The smallest absolute Gasteiger partial charge is 0.0626 e. The average Bonchev–Trinajstić information content (AvgIpc) is 2.26. The highest BCUT2D eigenvalue weighted by Crippen LogP contribution is 2.07. The number of hydrogen-bond acceptors (Lipinski definition) is 2. The Morgan fingerprint density at radius 3 is 2.65 bits per heavy atom. The quantitative estimate of drug-likeness (QED) is 0.784. The van der Waals surface area contributed by atoms with Crippen molar-refractivity contribution in [3.05, 3.63) is 35.4 Å². The standard InChI is InChI=1S/C15H25NO/c1-5-16-15(11-17-12(2)3)10-14-8-6-7-13(4)9-14/h6-9,12,15-16H,5,10-11H2,1-4H3. The van der Waals surface area contributed by atoms with Crippen molar-refractivity contribution >= 4 is 0 Å². The van der Waals surface area contributed by atoms with Crippen LogP contribution in [0.15, 0.2) is 24.3 Å². The van der Waals surface area contributed by atoms with Crippen molar-refractivity contribution in [2.45, 2.75) is 46.3 Å². The summed E-state index contributed by atoms with van der Waals surface area (Å²) in [6.45, 7) is 10.2. The second kappa shape index (κ2) is 7.46. The van der Waals surface area contributed by atoms with Crippen molar-refractivity contribution in [2.24, 2.45) is 0 Å². The Hall–Kier alpha value is -0.860. The zero-order valence-electron chi connectivity index (χ0n) is 11.5. The van der Waals surface area contributed by atoms with Crippen LogP contribution in [-0.4, -0.2) is 25.3 Å². The SMILES string of the molecule is CCNC(COC(C)C)Cc1cccc(C)c1. The van der Waals surface area contributed by atoms with Crippen LogP contribution in [0.4, 0.5) is 0 Å². The van der Waals surface area contributed by atoms with Crippen LogP contribution < -0.4 is 5.32 Å². The van der Waals surface area contributed by atoms with Crippen molar-refractivity contribution in [1.29, 1.82) is 0 Å². The Kier molecular flexibility index (Phi) is 6.23. The van der Waals surface area contributed by atoms with Gasteiger partial charge in [0.25, 0.3) is 0 Å². The topological polar surface area (TPSA) is 21.3 Å². The van der Waals surface area contributed by atoms with Crippen molar-refractivity contribution < 1.29 is 4.74 Å². The normalized spacial score (nSPS) is 13.0. The number of hydrogen-bond donors (Lipinski definition) is 1. The highest BCUT2D eigenvalue weighted by atomic mass is 16.5. The molecule has 0 spiro atoms. The van der Waals surface area contributed by atoms with E-state index < -0.39 is 0 Å².